The highest BCUT2D eigenvalue weighted by Gasteiger charge is 2.34. The van der Waals surface area contributed by atoms with Crippen molar-refractivity contribution in [1.82, 2.24) is 0 Å². The maximum Gasteiger partial charge on any atom is 0.0285 e. The zero-order chi connectivity index (χ0) is 11.8. The molecule has 1 aromatic heterocycles. The lowest BCUT2D eigenvalue weighted by molar-refractivity contribution is 0.183. The fourth-order valence-electron chi connectivity index (χ4n) is 3.26. The monoisotopic (exact) mass is 301 g/mol. The van der Waals surface area contributed by atoms with Crippen molar-refractivity contribution in [3.8, 4) is 0 Å². The van der Waals surface area contributed by atoms with E-state index in [4.69, 9.17) is 5.73 Å². The van der Waals surface area contributed by atoms with Crippen molar-refractivity contribution in [3.05, 3.63) is 20.8 Å². The molecular weight excluding hydrogens is 282 g/mol. The van der Waals surface area contributed by atoms with Gasteiger partial charge in [-0.25, -0.2) is 0 Å². The highest BCUT2D eigenvalue weighted by atomic mass is 79.9. The van der Waals surface area contributed by atoms with E-state index < -0.39 is 0 Å². The Morgan fingerprint density at radius 1 is 1.44 bits per heavy atom. The van der Waals surface area contributed by atoms with Crippen molar-refractivity contribution in [2.45, 2.75) is 45.1 Å². The summed E-state index contributed by atoms with van der Waals surface area (Å²) in [6, 6.07) is 2.21. The quantitative estimate of drug-likeness (QED) is 0.870. The van der Waals surface area contributed by atoms with Gasteiger partial charge in [-0.15, -0.1) is 11.3 Å². The van der Waals surface area contributed by atoms with Gasteiger partial charge in [-0.2, -0.15) is 0 Å². The first kappa shape index (κ1) is 12.6. The fourth-order valence-corrected chi connectivity index (χ4v) is 4.87. The van der Waals surface area contributed by atoms with Crippen molar-refractivity contribution in [2.24, 2.45) is 17.6 Å². The molecule has 3 heteroatoms. The third-order valence-electron chi connectivity index (χ3n) is 3.46. The lowest BCUT2D eigenvalue weighted by Gasteiger charge is -2.40. The molecular formula is C13H20BrNS. The van der Waals surface area contributed by atoms with Crippen LogP contribution < -0.4 is 5.73 Å². The van der Waals surface area contributed by atoms with E-state index in [1.165, 1.54) is 28.6 Å². The molecule has 1 aliphatic carbocycles. The average Bonchev–Trinajstić information content (AvgIpc) is 2.47. The molecule has 0 bridgehead atoms. The summed E-state index contributed by atoms with van der Waals surface area (Å²) in [7, 11) is 0. The molecule has 1 saturated carbocycles. The molecule has 16 heavy (non-hydrogen) atoms. The van der Waals surface area contributed by atoms with Gasteiger partial charge in [-0.1, -0.05) is 13.8 Å². The normalized spacial score (nSPS) is 35.2. The fraction of sp³-hybridized carbons (Fsp3) is 0.692. The van der Waals surface area contributed by atoms with E-state index in [1.54, 1.807) is 0 Å². The van der Waals surface area contributed by atoms with Crippen LogP contribution in [-0.4, -0.2) is 5.54 Å². The van der Waals surface area contributed by atoms with Gasteiger partial charge in [0.1, 0.15) is 0 Å². The van der Waals surface area contributed by atoms with Crippen LogP contribution >= 0.6 is 27.3 Å². The SMILES string of the molecule is CC1CC(C)CC(N)(Cc2cc(Br)cs2)C1. The topological polar surface area (TPSA) is 26.0 Å². The van der Waals surface area contributed by atoms with Crippen LogP contribution in [0.3, 0.4) is 0 Å². The van der Waals surface area contributed by atoms with Crippen LogP contribution in [0.1, 0.15) is 38.0 Å². The van der Waals surface area contributed by atoms with Gasteiger partial charge in [0.15, 0.2) is 0 Å². The van der Waals surface area contributed by atoms with E-state index in [0.717, 1.165) is 18.3 Å². The van der Waals surface area contributed by atoms with Gasteiger partial charge in [-0.05, 0) is 59.5 Å². The van der Waals surface area contributed by atoms with Crippen LogP contribution in [0, 0.1) is 11.8 Å². The van der Waals surface area contributed by atoms with Crippen LogP contribution in [0.5, 0.6) is 0 Å². The summed E-state index contributed by atoms with van der Waals surface area (Å²) in [5.74, 6) is 1.55. The van der Waals surface area contributed by atoms with Crippen LogP contribution in [0.15, 0.2) is 15.9 Å². The average molecular weight is 302 g/mol. The van der Waals surface area contributed by atoms with E-state index in [9.17, 15) is 0 Å². The maximum atomic E-state index is 6.57. The van der Waals surface area contributed by atoms with Gasteiger partial charge >= 0.3 is 0 Å². The minimum atomic E-state index is 0.0291. The second-order valence-corrected chi connectivity index (χ2v) is 7.54. The summed E-state index contributed by atoms with van der Waals surface area (Å²) in [6.45, 7) is 4.67. The van der Waals surface area contributed by atoms with Crippen molar-refractivity contribution in [3.63, 3.8) is 0 Å². The zero-order valence-electron chi connectivity index (χ0n) is 10.0. The molecule has 0 saturated heterocycles. The Hall–Kier alpha value is 0.140. The van der Waals surface area contributed by atoms with E-state index in [0.29, 0.717) is 0 Å². The van der Waals surface area contributed by atoms with Crippen molar-refractivity contribution < 1.29 is 0 Å². The van der Waals surface area contributed by atoms with Crippen molar-refractivity contribution >= 4 is 27.3 Å². The van der Waals surface area contributed by atoms with Crippen molar-refractivity contribution in [2.75, 3.05) is 0 Å². The largest absolute Gasteiger partial charge is 0.325 e. The minimum absolute atomic E-state index is 0.0291. The van der Waals surface area contributed by atoms with Crippen LogP contribution in [0.4, 0.5) is 0 Å². The summed E-state index contributed by atoms with van der Waals surface area (Å²) in [6.07, 6.45) is 4.73. The molecule has 90 valence electrons. The van der Waals surface area contributed by atoms with Crippen molar-refractivity contribution in [1.29, 1.82) is 0 Å². The smallest absolute Gasteiger partial charge is 0.0285 e. The van der Waals surface area contributed by atoms with Gasteiger partial charge in [0.25, 0.3) is 0 Å². The molecule has 1 nitrogen and oxygen atoms in total. The Morgan fingerprint density at radius 3 is 2.56 bits per heavy atom. The highest BCUT2D eigenvalue weighted by Crippen LogP contribution is 2.37. The highest BCUT2D eigenvalue weighted by molar-refractivity contribution is 9.10. The van der Waals surface area contributed by atoms with Crippen LogP contribution in [-0.2, 0) is 6.42 Å². The summed E-state index contributed by atoms with van der Waals surface area (Å²) < 4.78 is 1.19. The molecule has 0 radical (unpaired) electrons. The Labute approximate surface area is 111 Å². The lowest BCUT2D eigenvalue weighted by Crippen LogP contribution is -2.47. The predicted octanol–water partition coefficient (Wildman–Crippen LogP) is 4.21. The molecule has 0 aromatic carbocycles. The molecule has 1 aromatic rings. The van der Waals surface area contributed by atoms with Gasteiger partial charge in [0, 0.05) is 20.3 Å². The molecule has 2 N–H and O–H groups in total. The first-order valence-corrected chi connectivity index (χ1v) is 7.66. The Bertz CT molecular complexity index is 351. The van der Waals surface area contributed by atoms with Crippen LogP contribution in [0.2, 0.25) is 0 Å². The molecule has 0 amide bonds. The van der Waals surface area contributed by atoms with E-state index in [1.807, 2.05) is 11.3 Å². The Kier molecular flexibility index (Phi) is 3.77. The minimum Gasteiger partial charge on any atom is -0.325 e. The zero-order valence-corrected chi connectivity index (χ0v) is 12.4. The standard InChI is InChI=1S/C13H20BrNS/c1-9-3-10(2)6-13(15,5-9)7-12-4-11(14)8-16-12/h4,8-10H,3,5-7,15H2,1-2H3. The summed E-state index contributed by atoms with van der Waals surface area (Å²) in [5.41, 5.74) is 6.60. The molecule has 0 aliphatic heterocycles. The summed E-state index contributed by atoms with van der Waals surface area (Å²) in [5, 5.41) is 2.15. The number of rotatable bonds is 2. The predicted molar refractivity (Wildman–Crippen MR) is 74.8 cm³/mol. The number of nitrogens with two attached hydrogens (primary N) is 1. The molecule has 2 unspecified atom stereocenters. The molecule has 1 heterocycles. The van der Waals surface area contributed by atoms with Crippen LogP contribution in [0.25, 0.3) is 0 Å². The first-order chi connectivity index (χ1) is 7.47. The second kappa shape index (κ2) is 4.79. The number of thiophene rings is 1. The molecule has 2 atom stereocenters. The third-order valence-corrected chi connectivity index (χ3v) is 5.16. The second-order valence-electron chi connectivity index (χ2n) is 5.62. The van der Waals surface area contributed by atoms with Gasteiger partial charge < -0.3 is 5.73 Å². The molecule has 1 aliphatic rings. The lowest BCUT2D eigenvalue weighted by atomic mass is 9.70. The van der Waals surface area contributed by atoms with E-state index >= 15 is 0 Å². The number of hydrogen-bond acceptors (Lipinski definition) is 2. The third kappa shape index (κ3) is 3.08. The number of hydrogen-bond donors (Lipinski definition) is 1. The molecule has 1 fully saturated rings. The van der Waals surface area contributed by atoms with Gasteiger partial charge in [0.05, 0.1) is 0 Å². The molecule has 0 spiro atoms. The summed E-state index contributed by atoms with van der Waals surface area (Å²) >= 11 is 5.33. The Balaban J connectivity index is 2.07. The Morgan fingerprint density at radius 2 is 2.06 bits per heavy atom. The van der Waals surface area contributed by atoms with Gasteiger partial charge in [-0.3, -0.25) is 0 Å². The van der Waals surface area contributed by atoms with E-state index in [-0.39, 0.29) is 5.54 Å². The van der Waals surface area contributed by atoms with Gasteiger partial charge in [0.2, 0.25) is 0 Å². The van der Waals surface area contributed by atoms with E-state index in [2.05, 4.69) is 41.2 Å². The number of halogens is 1. The molecule has 2 rings (SSSR count). The summed E-state index contributed by atoms with van der Waals surface area (Å²) in [4.78, 5) is 1.41. The first-order valence-electron chi connectivity index (χ1n) is 5.99. The maximum absolute atomic E-state index is 6.57.